The molecule has 0 aliphatic carbocycles. The SMILES string of the molecule is COc1cc(F)ccc1O[C@@H]1CN(Cc2sccc2C)CC[C@H]1O. The van der Waals surface area contributed by atoms with Crippen LogP contribution in [0.3, 0.4) is 0 Å². The van der Waals surface area contributed by atoms with E-state index < -0.39 is 6.10 Å². The summed E-state index contributed by atoms with van der Waals surface area (Å²) in [6, 6.07) is 6.29. The zero-order valence-corrected chi connectivity index (χ0v) is 14.7. The Bertz CT molecular complexity index is 691. The number of likely N-dealkylation sites (tertiary alicyclic amines) is 1. The van der Waals surface area contributed by atoms with E-state index in [1.807, 2.05) is 0 Å². The number of halogens is 1. The number of aryl methyl sites for hydroxylation is 1. The highest BCUT2D eigenvalue weighted by Crippen LogP contribution is 2.30. The van der Waals surface area contributed by atoms with Crippen molar-refractivity contribution >= 4 is 11.3 Å². The minimum Gasteiger partial charge on any atom is -0.493 e. The molecule has 1 N–H and O–H groups in total. The second-order valence-corrected chi connectivity index (χ2v) is 7.07. The second kappa shape index (κ2) is 7.51. The molecule has 0 amide bonds. The van der Waals surface area contributed by atoms with Crippen molar-refractivity contribution in [3.8, 4) is 11.5 Å². The summed E-state index contributed by atoms with van der Waals surface area (Å²) >= 11 is 1.75. The van der Waals surface area contributed by atoms with Crippen molar-refractivity contribution in [3.05, 3.63) is 45.9 Å². The molecule has 3 rings (SSSR count). The molecular formula is C18H22FNO3S. The molecule has 0 radical (unpaired) electrons. The maximum atomic E-state index is 13.3. The molecule has 0 unspecified atom stereocenters. The lowest BCUT2D eigenvalue weighted by Crippen LogP contribution is -2.49. The Labute approximate surface area is 145 Å². The van der Waals surface area contributed by atoms with Gasteiger partial charge in [0.05, 0.1) is 13.2 Å². The Morgan fingerprint density at radius 3 is 2.88 bits per heavy atom. The zero-order valence-electron chi connectivity index (χ0n) is 13.9. The van der Waals surface area contributed by atoms with E-state index in [1.54, 1.807) is 17.4 Å². The van der Waals surface area contributed by atoms with Crippen LogP contribution in [0.25, 0.3) is 0 Å². The molecule has 1 aromatic carbocycles. The van der Waals surface area contributed by atoms with E-state index in [-0.39, 0.29) is 11.9 Å². The molecule has 1 aromatic heterocycles. The average molecular weight is 351 g/mol. The van der Waals surface area contributed by atoms with Crippen LogP contribution in [0.1, 0.15) is 16.9 Å². The molecule has 130 valence electrons. The topological polar surface area (TPSA) is 41.9 Å². The van der Waals surface area contributed by atoms with Crippen LogP contribution in [0.5, 0.6) is 11.5 Å². The quantitative estimate of drug-likeness (QED) is 0.898. The summed E-state index contributed by atoms with van der Waals surface area (Å²) in [5.74, 6) is 0.420. The van der Waals surface area contributed by atoms with Crippen molar-refractivity contribution in [2.24, 2.45) is 0 Å². The molecule has 0 spiro atoms. The van der Waals surface area contributed by atoms with Crippen LogP contribution in [0, 0.1) is 12.7 Å². The van der Waals surface area contributed by atoms with E-state index in [0.29, 0.717) is 24.5 Å². The van der Waals surface area contributed by atoms with Gasteiger partial charge >= 0.3 is 0 Å². The van der Waals surface area contributed by atoms with E-state index in [9.17, 15) is 9.50 Å². The average Bonchev–Trinajstić information content (AvgIpc) is 2.97. The van der Waals surface area contributed by atoms with Gasteiger partial charge in [-0.3, -0.25) is 4.90 Å². The molecule has 1 aliphatic heterocycles. The first-order chi connectivity index (χ1) is 11.6. The molecule has 4 nitrogen and oxygen atoms in total. The van der Waals surface area contributed by atoms with Gasteiger partial charge < -0.3 is 14.6 Å². The summed E-state index contributed by atoms with van der Waals surface area (Å²) in [5, 5.41) is 12.4. The molecule has 0 saturated carbocycles. The van der Waals surface area contributed by atoms with Crippen LogP contribution < -0.4 is 9.47 Å². The summed E-state index contributed by atoms with van der Waals surface area (Å²) < 4.78 is 24.4. The number of rotatable bonds is 5. The number of nitrogens with zero attached hydrogens (tertiary/aromatic N) is 1. The van der Waals surface area contributed by atoms with Crippen molar-refractivity contribution in [2.45, 2.75) is 32.1 Å². The molecule has 1 aliphatic rings. The largest absolute Gasteiger partial charge is 0.493 e. The van der Waals surface area contributed by atoms with Crippen LogP contribution in [-0.2, 0) is 6.54 Å². The standard InChI is InChI=1S/C18H22FNO3S/c1-12-6-8-24-18(12)11-20-7-5-14(21)17(10-20)23-15-4-3-13(19)9-16(15)22-2/h3-4,6,8-9,14,17,21H,5,7,10-11H2,1-2H3/t14-,17-/m1/s1. The number of aliphatic hydroxyl groups excluding tert-OH is 1. The summed E-state index contributed by atoms with van der Waals surface area (Å²) in [4.78, 5) is 3.62. The Balaban J connectivity index is 1.69. The van der Waals surface area contributed by atoms with Gasteiger partial charge in [0.25, 0.3) is 0 Å². The summed E-state index contributed by atoms with van der Waals surface area (Å²) in [7, 11) is 1.48. The first-order valence-corrected chi connectivity index (χ1v) is 8.88. The van der Waals surface area contributed by atoms with E-state index in [0.717, 1.165) is 13.1 Å². The van der Waals surface area contributed by atoms with Gasteiger partial charge in [-0.1, -0.05) is 0 Å². The molecule has 2 atom stereocenters. The summed E-state index contributed by atoms with van der Waals surface area (Å²) in [6.45, 7) is 4.43. The number of aliphatic hydroxyl groups is 1. The maximum absolute atomic E-state index is 13.3. The fraction of sp³-hybridized carbons (Fsp3) is 0.444. The first kappa shape index (κ1) is 17.2. The lowest BCUT2D eigenvalue weighted by molar-refractivity contribution is -0.0274. The molecule has 24 heavy (non-hydrogen) atoms. The van der Waals surface area contributed by atoms with Crippen molar-refractivity contribution in [2.75, 3.05) is 20.2 Å². The Morgan fingerprint density at radius 2 is 2.17 bits per heavy atom. The molecule has 2 aromatic rings. The normalized spacial score (nSPS) is 21.7. The number of methoxy groups -OCH3 is 1. The summed E-state index contributed by atoms with van der Waals surface area (Å²) in [6.07, 6.45) is -0.252. The Morgan fingerprint density at radius 1 is 1.33 bits per heavy atom. The van der Waals surface area contributed by atoms with Gasteiger partial charge in [-0.15, -0.1) is 11.3 Å². The van der Waals surface area contributed by atoms with Gasteiger partial charge in [-0.2, -0.15) is 0 Å². The number of thiophene rings is 1. The van der Waals surface area contributed by atoms with Crippen LogP contribution in [0.2, 0.25) is 0 Å². The number of piperidine rings is 1. The molecule has 0 bridgehead atoms. The van der Waals surface area contributed by atoms with E-state index in [2.05, 4.69) is 23.3 Å². The zero-order chi connectivity index (χ0) is 17.1. The van der Waals surface area contributed by atoms with Crippen molar-refractivity contribution in [1.29, 1.82) is 0 Å². The minimum absolute atomic E-state index is 0.341. The van der Waals surface area contributed by atoms with Crippen molar-refractivity contribution < 1.29 is 19.0 Å². The third-order valence-corrected chi connectivity index (χ3v) is 5.36. The van der Waals surface area contributed by atoms with E-state index in [4.69, 9.17) is 9.47 Å². The highest BCUT2D eigenvalue weighted by Gasteiger charge is 2.30. The molecule has 1 fully saturated rings. The van der Waals surface area contributed by atoms with E-state index >= 15 is 0 Å². The monoisotopic (exact) mass is 351 g/mol. The van der Waals surface area contributed by atoms with Crippen LogP contribution in [0.15, 0.2) is 29.6 Å². The minimum atomic E-state index is -0.541. The van der Waals surface area contributed by atoms with Crippen LogP contribution in [0.4, 0.5) is 4.39 Å². The van der Waals surface area contributed by atoms with Gasteiger partial charge in [0.2, 0.25) is 0 Å². The fourth-order valence-electron chi connectivity index (χ4n) is 2.90. The molecular weight excluding hydrogens is 329 g/mol. The molecule has 1 saturated heterocycles. The van der Waals surface area contributed by atoms with E-state index in [1.165, 1.54) is 29.7 Å². The predicted octanol–water partition coefficient (Wildman–Crippen LogP) is 3.22. The van der Waals surface area contributed by atoms with Crippen LogP contribution in [-0.4, -0.2) is 42.4 Å². The highest BCUT2D eigenvalue weighted by atomic mass is 32.1. The maximum Gasteiger partial charge on any atom is 0.163 e. The van der Waals surface area contributed by atoms with Crippen molar-refractivity contribution in [1.82, 2.24) is 4.90 Å². The third-order valence-electron chi connectivity index (χ3n) is 4.35. The number of benzene rings is 1. The van der Waals surface area contributed by atoms with Crippen LogP contribution >= 0.6 is 11.3 Å². The smallest absolute Gasteiger partial charge is 0.163 e. The Kier molecular flexibility index (Phi) is 5.38. The predicted molar refractivity (Wildman–Crippen MR) is 92.3 cm³/mol. The molecule has 2 heterocycles. The third kappa shape index (κ3) is 3.88. The number of ether oxygens (including phenoxy) is 2. The first-order valence-electron chi connectivity index (χ1n) is 8.00. The van der Waals surface area contributed by atoms with Gasteiger partial charge in [0, 0.05) is 30.6 Å². The second-order valence-electron chi connectivity index (χ2n) is 6.07. The van der Waals surface area contributed by atoms with Gasteiger partial charge in [-0.25, -0.2) is 4.39 Å². The fourth-order valence-corrected chi connectivity index (χ4v) is 3.85. The lowest BCUT2D eigenvalue weighted by atomic mass is 10.0. The summed E-state index contributed by atoms with van der Waals surface area (Å²) in [5.41, 5.74) is 1.30. The van der Waals surface area contributed by atoms with Gasteiger partial charge in [0.1, 0.15) is 11.9 Å². The lowest BCUT2D eigenvalue weighted by Gasteiger charge is -2.36. The Hall–Kier alpha value is -1.63. The van der Waals surface area contributed by atoms with Gasteiger partial charge in [0.15, 0.2) is 11.5 Å². The highest BCUT2D eigenvalue weighted by molar-refractivity contribution is 7.10. The van der Waals surface area contributed by atoms with Gasteiger partial charge in [-0.05, 0) is 42.5 Å². The number of hydrogen-bond donors (Lipinski definition) is 1. The molecule has 6 heteroatoms. The van der Waals surface area contributed by atoms with Crippen molar-refractivity contribution in [3.63, 3.8) is 0 Å². The number of hydrogen-bond acceptors (Lipinski definition) is 5.